The summed E-state index contributed by atoms with van der Waals surface area (Å²) in [6.45, 7) is 2.46. The third-order valence-corrected chi connectivity index (χ3v) is 3.27. The molecule has 1 saturated heterocycles. The van der Waals surface area contributed by atoms with Crippen molar-refractivity contribution in [3.05, 3.63) is 5.69 Å². The predicted octanol–water partition coefficient (Wildman–Crippen LogP) is -0.643. The van der Waals surface area contributed by atoms with Crippen LogP contribution in [0.25, 0.3) is 0 Å². The zero-order valence-corrected chi connectivity index (χ0v) is 10.2. The largest absolute Gasteiger partial charge is 0.388 e. The van der Waals surface area contributed by atoms with Crippen molar-refractivity contribution in [1.29, 1.82) is 0 Å². The fourth-order valence-corrected chi connectivity index (χ4v) is 2.29. The van der Waals surface area contributed by atoms with Crippen molar-refractivity contribution in [1.82, 2.24) is 19.8 Å². The molecule has 0 saturated carbocycles. The van der Waals surface area contributed by atoms with E-state index in [4.69, 9.17) is 5.73 Å². The lowest BCUT2D eigenvalue weighted by Gasteiger charge is -2.32. The van der Waals surface area contributed by atoms with Crippen molar-refractivity contribution < 1.29 is 9.59 Å². The number of piperazine rings is 1. The van der Waals surface area contributed by atoms with Gasteiger partial charge in [0.25, 0.3) is 0 Å². The molecular formula is C9H13N5O2S. The molecule has 1 aliphatic rings. The van der Waals surface area contributed by atoms with Gasteiger partial charge in [-0.1, -0.05) is 11.4 Å². The van der Waals surface area contributed by atoms with Crippen LogP contribution in [-0.2, 0) is 16.1 Å². The van der Waals surface area contributed by atoms with E-state index in [0.29, 0.717) is 23.7 Å². The second kappa shape index (κ2) is 4.76. The lowest BCUT2D eigenvalue weighted by molar-refractivity contribution is -0.140. The average Bonchev–Trinajstić information content (AvgIpc) is 2.64. The van der Waals surface area contributed by atoms with Gasteiger partial charge in [-0.05, 0) is 6.42 Å². The van der Waals surface area contributed by atoms with Gasteiger partial charge in [0.15, 0.2) is 0 Å². The molecule has 1 aromatic heterocycles. The Morgan fingerprint density at radius 1 is 1.59 bits per heavy atom. The Hall–Kier alpha value is -1.54. The van der Waals surface area contributed by atoms with Crippen molar-refractivity contribution in [2.45, 2.75) is 25.9 Å². The Morgan fingerprint density at radius 3 is 2.94 bits per heavy atom. The quantitative estimate of drug-likeness (QED) is 0.696. The van der Waals surface area contributed by atoms with Gasteiger partial charge in [-0.25, -0.2) is 0 Å². The summed E-state index contributed by atoms with van der Waals surface area (Å²) >= 11 is 1.11. The van der Waals surface area contributed by atoms with Gasteiger partial charge in [-0.3, -0.25) is 19.8 Å². The van der Waals surface area contributed by atoms with E-state index >= 15 is 0 Å². The maximum absolute atomic E-state index is 11.6. The maximum atomic E-state index is 11.6. The molecule has 92 valence electrons. The first-order valence-electron chi connectivity index (χ1n) is 5.26. The van der Waals surface area contributed by atoms with Gasteiger partial charge in [0.1, 0.15) is 10.7 Å². The second-order valence-electron chi connectivity index (χ2n) is 3.83. The highest BCUT2D eigenvalue weighted by Gasteiger charge is 2.32. The van der Waals surface area contributed by atoms with E-state index < -0.39 is 0 Å². The molecule has 1 aromatic rings. The molecule has 1 fully saturated rings. The Morgan fingerprint density at radius 2 is 2.35 bits per heavy atom. The molecule has 8 heteroatoms. The van der Waals surface area contributed by atoms with Crippen molar-refractivity contribution in [2.24, 2.45) is 0 Å². The SMILES string of the molecule is CCC1C(=O)NC(=O)CN1Cc1nnsc1N. The Balaban J connectivity index is 2.15. The molecular weight excluding hydrogens is 242 g/mol. The van der Waals surface area contributed by atoms with Gasteiger partial charge in [0.2, 0.25) is 11.8 Å². The minimum atomic E-state index is -0.311. The third-order valence-electron chi connectivity index (χ3n) is 2.68. The van der Waals surface area contributed by atoms with Crippen LogP contribution in [-0.4, -0.2) is 38.9 Å². The number of carbonyl (C=O) groups excluding carboxylic acids is 2. The molecule has 2 rings (SSSR count). The molecule has 3 N–H and O–H groups in total. The first-order chi connectivity index (χ1) is 8.11. The molecule has 0 bridgehead atoms. The predicted molar refractivity (Wildman–Crippen MR) is 62.0 cm³/mol. The first-order valence-corrected chi connectivity index (χ1v) is 6.03. The molecule has 1 aliphatic heterocycles. The Labute approximate surface area is 102 Å². The lowest BCUT2D eigenvalue weighted by Crippen LogP contribution is -2.57. The van der Waals surface area contributed by atoms with Gasteiger partial charge in [0.05, 0.1) is 12.6 Å². The van der Waals surface area contributed by atoms with E-state index in [-0.39, 0.29) is 24.4 Å². The second-order valence-corrected chi connectivity index (χ2v) is 4.61. The fourth-order valence-electron chi connectivity index (χ4n) is 1.85. The number of anilines is 1. The van der Waals surface area contributed by atoms with Gasteiger partial charge >= 0.3 is 0 Å². The van der Waals surface area contributed by atoms with Gasteiger partial charge in [0, 0.05) is 18.1 Å². The summed E-state index contributed by atoms with van der Waals surface area (Å²) in [6, 6.07) is -0.311. The highest BCUT2D eigenvalue weighted by atomic mass is 32.1. The van der Waals surface area contributed by atoms with E-state index in [9.17, 15) is 9.59 Å². The molecule has 2 heterocycles. The minimum absolute atomic E-state index is 0.182. The monoisotopic (exact) mass is 255 g/mol. The summed E-state index contributed by atoms with van der Waals surface area (Å²) in [7, 11) is 0. The summed E-state index contributed by atoms with van der Waals surface area (Å²) in [4.78, 5) is 24.7. The van der Waals surface area contributed by atoms with Crippen LogP contribution in [0.1, 0.15) is 19.0 Å². The lowest BCUT2D eigenvalue weighted by atomic mass is 10.1. The van der Waals surface area contributed by atoms with E-state index in [0.717, 1.165) is 11.5 Å². The van der Waals surface area contributed by atoms with E-state index in [1.807, 2.05) is 6.92 Å². The number of nitrogens with two attached hydrogens (primary N) is 1. The number of carbonyl (C=O) groups is 2. The summed E-state index contributed by atoms with van der Waals surface area (Å²) in [5.41, 5.74) is 6.32. The van der Waals surface area contributed by atoms with Crippen molar-refractivity contribution in [3.63, 3.8) is 0 Å². The first kappa shape index (κ1) is 11.9. The standard InChI is InChI=1S/C9H13N5O2S/c1-2-6-9(16)11-7(15)4-14(6)3-5-8(10)17-13-12-5/h6H,2-4,10H2,1H3,(H,11,15,16). The molecule has 0 aliphatic carbocycles. The van der Waals surface area contributed by atoms with Crippen LogP contribution < -0.4 is 11.1 Å². The van der Waals surface area contributed by atoms with Crippen molar-refractivity contribution >= 4 is 28.3 Å². The van der Waals surface area contributed by atoms with Gasteiger partial charge < -0.3 is 5.73 Å². The Bertz CT molecular complexity index is 446. The maximum Gasteiger partial charge on any atom is 0.243 e. The number of imide groups is 1. The van der Waals surface area contributed by atoms with Crippen LogP contribution in [0, 0.1) is 0 Å². The summed E-state index contributed by atoms with van der Waals surface area (Å²) < 4.78 is 3.73. The van der Waals surface area contributed by atoms with Crippen LogP contribution >= 0.6 is 11.5 Å². The van der Waals surface area contributed by atoms with Crippen molar-refractivity contribution in [2.75, 3.05) is 12.3 Å². The van der Waals surface area contributed by atoms with Crippen LogP contribution in [0.15, 0.2) is 0 Å². The number of nitrogens with one attached hydrogen (secondary N) is 1. The zero-order chi connectivity index (χ0) is 12.4. The smallest absolute Gasteiger partial charge is 0.243 e. The number of hydrogen-bond acceptors (Lipinski definition) is 7. The van der Waals surface area contributed by atoms with Crippen LogP contribution in [0.2, 0.25) is 0 Å². The van der Waals surface area contributed by atoms with Crippen molar-refractivity contribution in [3.8, 4) is 0 Å². The molecule has 0 aromatic carbocycles. The molecule has 17 heavy (non-hydrogen) atoms. The number of rotatable bonds is 3. The van der Waals surface area contributed by atoms with Gasteiger partial charge in [-0.15, -0.1) is 5.10 Å². The summed E-state index contributed by atoms with van der Waals surface area (Å²) in [5, 5.41) is 6.73. The minimum Gasteiger partial charge on any atom is -0.388 e. The van der Waals surface area contributed by atoms with Crippen LogP contribution in [0.4, 0.5) is 5.00 Å². The Kier molecular flexibility index (Phi) is 3.34. The number of nitrogen functional groups attached to an aromatic ring is 1. The molecule has 0 radical (unpaired) electrons. The third kappa shape index (κ3) is 2.42. The number of amides is 2. The summed E-state index contributed by atoms with van der Waals surface area (Å²) in [5.74, 6) is -0.549. The van der Waals surface area contributed by atoms with E-state index in [1.54, 1.807) is 4.90 Å². The molecule has 7 nitrogen and oxygen atoms in total. The highest BCUT2D eigenvalue weighted by molar-refractivity contribution is 7.09. The molecule has 0 spiro atoms. The number of hydrogen-bond donors (Lipinski definition) is 2. The van der Waals surface area contributed by atoms with E-state index in [1.165, 1.54) is 0 Å². The molecule has 1 unspecified atom stereocenters. The van der Waals surface area contributed by atoms with Crippen LogP contribution in [0.3, 0.4) is 0 Å². The number of nitrogens with zero attached hydrogens (tertiary/aromatic N) is 3. The topological polar surface area (TPSA) is 101 Å². The van der Waals surface area contributed by atoms with Gasteiger partial charge in [-0.2, -0.15) is 0 Å². The number of aromatic nitrogens is 2. The summed E-state index contributed by atoms with van der Waals surface area (Å²) in [6.07, 6.45) is 0.635. The van der Waals surface area contributed by atoms with E-state index in [2.05, 4.69) is 14.9 Å². The average molecular weight is 255 g/mol. The fraction of sp³-hybridized carbons (Fsp3) is 0.556. The zero-order valence-electron chi connectivity index (χ0n) is 9.34. The normalized spacial score (nSPS) is 21.6. The highest BCUT2D eigenvalue weighted by Crippen LogP contribution is 2.18. The molecule has 1 atom stereocenters. The molecule has 2 amide bonds. The van der Waals surface area contributed by atoms with Crippen LogP contribution in [0.5, 0.6) is 0 Å².